The fourth-order valence-corrected chi connectivity index (χ4v) is 4.41. The molecule has 1 aromatic heterocycles. The van der Waals surface area contributed by atoms with Gasteiger partial charge in [-0.3, -0.25) is 19.3 Å². The van der Waals surface area contributed by atoms with Gasteiger partial charge in [0, 0.05) is 22.4 Å². The Hall–Kier alpha value is -1.84. The van der Waals surface area contributed by atoms with Crippen LogP contribution < -0.4 is 10.6 Å². The molecule has 2 aromatic rings. The van der Waals surface area contributed by atoms with Crippen molar-refractivity contribution in [2.75, 3.05) is 5.32 Å². The van der Waals surface area contributed by atoms with Crippen LogP contribution in [0.1, 0.15) is 31.1 Å². The summed E-state index contributed by atoms with van der Waals surface area (Å²) >= 11 is 12.5. The van der Waals surface area contributed by atoms with Crippen LogP contribution in [0.5, 0.6) is 0 Å². The van der Waals surface area contributed by atoms with E-state index in [1.54, 1.807) is 12.1 Å². The minimum Gasteiger partial charge on any atom is -0.349 e. The van der Waals surface area contributed by atoms with Crippen molar-refractivity contribution in [1.29, 1.82) is 0 Å². The number of H-pyrrole nitrogens is 1. The number of benzene rings is 1. The van der Waals surface area contributed by atoms with Gasteiger partial charge in [-0.05, 0) is 43.3 Å². The molecular weight excluding hydrogens is 394 g/mol. The molecule has 1 unspecified atom stereocenters. The molecule has 0 bridgehead atoms. The van der Waals surface area contributed by atoms with Gasteiger partial charge >= 0.3 is 0 Å². The second-order valence-electron chi connectivity index (χ2n) is 6.26. The second kappa shape index (κ2) is 7.05. The van der Waals surface area contributed by atoms with Gasteiger partial charge in [0.05, 0.1) is 17.5 Å². The summed E-state index contributed by atoms with van der Waals surface area (Å²) in [4.78, 5) is 25.4. The number of hydrogen-bond donors (Lipinski definition) is 3. The fourth-order valence-electron chi connectivity index (χ4n) is 2.85. The molecule has 1 aromatic carbocycles. The summed E-state index contributed by atoms with van der Waals surface area (Å²) in [6.45, 7) is 0.285. The number of anilines is 1. The lowest BCUT2D eigenvalue weighted by molar-refractivity contribution is -0.124. The van der Waals surface area contributed by atoms with E-state index in [1.165, 1.54) is 11.8 Å². The highest BCUT2D eigenvalue weighted by atomic mass is 35.5. The zero-order valence-corrected chi connectivity index (χ0v) is 16.0. The number of nitrogens with zero attached hydrogens (tertiary/aromatic N) is 2. The Kier molecular flexibility index (Phi) is 4.76. The van der Waals surface area contributed by atoms with Crippen LogP contribution in [0, 0.1) is 4.77 Å². The summed E-state index contributed by atoms with van der Waals surface area (Å²) in [5, 5.41) is 12.7. The van der Waals surface area contributed by atoms with Gasteiger partial charge in [0.1, 0.15) is 0 Å². The molecule has 0 saturated heterocycles. The van der Waals surface area contributed by atoms with Crippen LogP contribution in [0.3, 0.4) is 0 Å². The monoisotopic (exact) mass is 409 g/mol. The molecular formula is C16H16ClN5O2S2. The lowest BCUT2D eigenvalue weighted by atomic mass is 10.2. The van der Waals surface area contributed by atoms with Gasteiger partial charge < -0.3 is 10.6 Å². The quantitative estimate of drug-likeness (QED) is 0.660. The highest BCUT2D eigenvalue weighted by Gasteiger charge is 2.30. The van der Waals surface area contributed by atoms with Crippen molar-refractivity contribution in [3.8, 4) is 0 Å². The first-order valence-corrected chi connectivity index (χ1v) is 9.87. The number of amides is 2. The molecule has 0 radical (unpaired) electrons. The molecule has 1 fully saturated rings. The largest absolute Gasteiger partial charge is 0.349 e. The van der Waals surface area contributed by atoms with Crippen molar-refractivity contribution in [3.63, 3.8) is 0 Å². The van der Waals surface area contributed by atoms with E-state index in [-0.39, 0.29) is 24.8 Å². The summed E-state index contributed by atoms with van der Waals surface area (Å²) in [7, 11) is 0. The molecule has 4 rings (SSSR count). The molecule has 1 atom stereocenters. The maximum atomic E-state index is 12.3. The van der Waals surface area contributed by atoms with Crippen LogP contribution in [-0.4, -0.2) is 31.8 Å². The Bertz CT molecular complexity index is 937. The summed E-state index contributed by atoms with van der Waals surface area (Å²) in [6, 6.07) is 5.71. The van der Waals surface area contributed by atoms with Crippen LogP contribution in [-0.2, 0) is 16.1 Å². The smallest absolute Gasteiger partial charge is 0.238 e. The van der Waals surface area contributed by atoms with Crippen molar-refractivity contribution in [1.82, 2.24) is 20.1 Å². The predicted octanol–water partition coefficient (Wildman–Crippen LogP) is 3.05. The summed E-state index contributed by atoms with van der Waals surface area (Å²) in [6.07, 6.45) is 2.25. The van der Waals surface area contributed by atoms with E-state index in [0.717, 1.165) is 17.7 Å². The summed E-state index contributed by atoms with van der Waals surface area (Å²) in [5.74, 6) is 0.318. The minimum atomic E-state index is -0.479. The number of hydrogen-bond acceptors (Lipinski definition) is 5. The van der Waals surface area contributed by atoms with Gasteiger partial charge in [0.2, 0.25) is 11.8 Å². The lowest BCUT2D eigenvalue weighted by Crippen LogP contribution is -2.35. The molecule has 10 heteroatoms. The molecule has 2 amide bonds. The highest BCUT2D eigenvalue weighted by molar-refractivity contribution is 8.01. The number of carbonyl (C=O) groups excluding carboxylic acids is 2. The second-order valence-corrected chi connectivity index (χ2v) is 8.33. The SMILES string of the molecule is O=C(CC1Sc2ccc(Cl)cc2NC1=O)NCc1n[nH]c(=S)n1C1CC1. The van der Waals surface area contributed by atoms with E-state index in [2.05, 4.69) is 20.8 Å². The molecule has 3 N–H and O–H groups in total. The molecule has 136 valence electrons. The van der Waals surface area contributed by atoms with Gasteiger partial charge in [-0.15, -0.1) is 11.8 Å². The van der Waals surface area contributed by atoms with Crippen LogP contribution >= 0.6 is 35.6 Å². The number of halogens is 1. The van der Waals surface area contributed by atoms with Gasteiger partial charge in [-0.2, -0.15) is 5.10 Å². The average Bonchev–Trinajstić information content (AvgIpc) is 3.36. The van der Waals surface area contributed by atoms with Gasteiger partial charge in [-0.1, -0.05) is 11.6 Å². The van der Waals surface area contributed by atoms with Gasteiger partial charge in [0.15, 0.2) is 10.6 Å². The number of fused-ring (bicyclic) bond motifs is 1. The van der Waals surface area contributed by atoms with Gasteiger partial charge in [0.25, 0.3) is 0 Å². The molecule has 1 aliphatic carbocycles. The molecule has 26 heavy (non-hydrogen) atoms. The Morgan fingerprint density at radius 3 is 3.04 bits per heavy atom. The van der Waals surface area contributed by atoms with Crippen LogP contribution in [0.4, 0.5) is 5.69 Å². The third-order valence-corrected chi connectivity index (χ3v) is 6.06. The van der Waals surface area contributed by atoms with E-state index >= 15 is 0 Å². The summed E-state index contributed by atoms with van der Waals surface area (Å²) < 4.78 is 2.53. The predicted molar refractivity (Wildman–Crippen MR) is 102 cm³/mol. The molecule has 1 aliphatic heterocycles. The number of aromatic amines is 1. The fraction of sp³-hybridized carbons (Fsp3) is 0.375. The molecule has 1 saturated carbocycles. The Morgan fingerprint density at radius 1 is 1.46 bits per heavy atom. The third-order valence-electron chi connectivity index (χ3n) is 4.27. The van der Waals surface area contributed by atoms with Crippen molar-refractivity contribution >= 4 is 53.1 Å². The normalized spacial score (nSPS) is 19.0. The summed E-state index contributed by atoms with van der Waals surface area (Å²) in [5.41, 5.74) is 0.684. The zero-order chi connectivity index (χ0) is 18.3. The number of carbonyl (C=O) groups is 2. The van der Waals surface area contributed by atoms with Crippen molar-refractivity contribution in [3.05, 3.63) is 33.8 Å². The van der Waals surface area contributed by atoms with E-state index in [4.69, 9.17) is 23.8 Å². The minimum absolute atomic E-state index is 0.0904. The Labute approximate surface area is 163 Å². The van der Waals surface area contributed by atoms with Crippen molar-refractivity contribution in [2.24, 2.45) is 0 Å². The molecule has 2 aliphatic rings. The van der Waals surface area contributed by atoms with Crippen molar-refractivity contribution in [2.45, 2.75) is 42.0 Å². The first-order chi connectivity index (χ1) is 12.5. The van der Waals surface area contributed by atoms with Gasteiger partial charge in [-0.25, -0.2) is 0 Å². The van der Waals surface area contributed by atoms with Crippen LogP contribution in [0.25, 0.3) is 0 Å². The molecule has 0 spiro atoms. The first-order valence-electron chi connectivity index (χ1n) is 8.21. The maximum absolute atomic E-state index is 12.3. The van der Waals surface area contributed by atoms with E-state index < -0.39 is 5.25 Å². The number of nitrogens with one attached hydrogen (secondary N) is 3. The maximum Gasteiger partial charge on any atom is 0.238 e. The molecule has 2 heterocycles. The zero-order valence-electron chi connectivity index (χ0n) is 13.6. The van der Waals surface area contributed by atoms with E-state index in [1.807, 2.05) is 10.6 Å². The topological polar surface area (TPSA) is 91.8 Å². The molecule has 7 nitrogen and oxygen atoms in total. The number of rotatable bonds is 5. The highest BCUT2D eigenvalue weighted by Crippen LogP contribution is 2.38. The number of aromatic nitrogens is 3. The number of thioether (sulfide) groups is 1. The Balaban J connectivity index is 1.37. The standard InChI is InChI=1S/C16H16ClN5O2S2/c17-8-1-4-11-10(5-8)19-15(24)12(26-11)6-14(23)18-7-13-20-21-16(25)22(13)9-2-3-9/h1,4-5,9,12H,2-3,6-7H2,(H,18,23)(H,19,24)(H,21,25). The van der Waals surface area contributed by atoms with Crippen molar-refractivity contribution < 1.29 is 9.59 Å². The van der Waals surface area contributed by atoms with Crippen LogP contribution in [0.15, 0.2) is 23.1 Å². The third kappa shape index (κ3) is 3.65. The lowest BCUT2D eigenvalue weighted by Gasteiger charge is -2.23. The average molecular weight is 410 g/mol. The Morgan fingerprint density at radius 2 is 2.27 bits per heavy atom. The van der Waals surface area contributed by atoms with Crippen LogP contribution in [0.2, 0.25) is 5.02 Å². The first kappa shape index (κ1) is 17.6. The van der Waals surface area contributed by atoms with E-state index in [9.17, 15) is 9.59 Å². The van der Waals surface area contributed by atoms with E-state index in [0.29, 0.717) is 27.3 Å².